The fraction of sp³-hybridized carbons (Fsp3) is 0.929. The first-order valence-corrected chi connectivity index (χ1v) is 7.53. The lowest BCUT2D eigenvalue weighted by molar-refractivity contribution is -0.139. The van der Waals surface area contributed by atoms with Crippen LogP contribution in [0, 0.1) is 0 Å². The largest absolute Gasteiger partial charge is 0.336 e. The molecule has 6 heteroatoms. The standard InChI is InChI=1S/C14H25N3O.2ClH/c1-11-9-16-8-4-5-12(16)10-17(11)14(18)13-6-2-3-7-15-13;;/h11-13,15H,2-10H2,1H3;2*1H/t11?,12?,13-;;/m0../s1. The molecule has 0 aliphatic carbocycles. The number of halogens is 2. The molecule has 3 saturated heterocycles. The number of hydrogen-bond acceptors (Lipinski definition) is 3. The van der Waals surface area contributed by atoms with Crippen molar-refractivity contribution in [3.63, 3.8) is 0 Å². The molecule has 2 unspecified atom stereocenters. The van der Waals surface area contributed by atoms with Crippen molar-refractivity contribution >= 4 is 30.7 Å². The molecule has 3 fully saturated rings. The second kappa shape index (κ2) is 7.83. The highest BCUT2D eigenvalue weighted by Crippen LogP contribution is 2.25. The lowest BCUT2D eigenvalue weighted by Gasteiger charge is -2.44. The molecule has 3 heterocycles. The van der Waals surface area contributed by atoms with Gasteiger partial charge in [0.05, 0.1) is 6.04 Å². The van der Waals surface area contributed by atoms with Gasteiger partial charge in [0, 0.05) is 25.2 Å². The normalized spacial score (nSPS) is 33.9. The molecule has 20 heavy (non-hydrogen) atoms. The van der Waals surface area contributed by atoms with Crippen LogP contribution in [0.1, 0.15) is 39.0 Å². The van der Waals surface area contributed by atoms with Crippen LogP contribution >= 0.6 is 24.8 Å². The van der Waals surface area contributed by atoms with Gasteiger partial charge in [0.25, 0.3) is 0 Å². The molecule has 4 nitrogen and oxygen atoms in total. The van der Waals surface area contributed by atoms with Crippen molar-refractivity contribution in [1.82, 2.24) is 15.1 Å². The zero-order chi connectivity index (χ0) is 12.5. The molecule has 0 bridgehead atoms. The Hall–Kier alpha value is -0.0300. The van der Waals surface area contributed by atoms with Gasteiger partial charge in [-0.05, 0) is 45.7 Å². The minimum absolute atomic E-state index is 0. The Labute approximate surface area is 134 Å². The summed E-state index contributed by atoms with van der Waals surface area (Å²) in [6.45, 7) is 6.48. The lowest BCUT2D eigenvalue weighted by Crippen LogP contribution is -2.60. The molecule has 3 aliphatic heterocycles. The maximum Gasteiger partial charge on any atom is 0.240 e. The topological polar surface area (TPSA) is 35.6 Å². The maximum atomic E-state index is 12.6. The summed E-state index contributed by atoms with van der Waals surface area (Å²) >= 11 is 0. The first-order chi connectivity index (χ1) is 8.75. The predicted molar refractivity (Wildman–Crippen MR) is 85.9 cm³/mol. The third-order valence-electron chi connectivity index (χ3n) is 4.83. The lowest BCUT2D eigenvalue weighted by atomic mass is 10.0. The Morgan fingerprint density at radius 1 is 1.10 bits per heavy atom. The van der Waals surface area contributed by atoms with E-state index in [0.29, 0.717) is 18.0 Å². The van der Waals surface area contributed by atoms with Gasteiger partial charge in [-0.25, -0.2) is 0 Å². The van der Waals surface area contributed by atoms with Crippen LogP contribution in [0.25, 0.3) is 0 Å². The molecule has 1 amide bonds. The Morgan fingerprint density at radius 3 is 2.60 bits per heavy atom. The average Bonchev–Trinajstić information content (AvgIpc) is 2.85. The van der Waals surface area contributed by atoms with Gasteiger partial charge >= 0.3 is 0 Å². The van der Waals surface area contributed by atoms with Crippen LogP contribution in [0.2, 0.25) is 0 Å². The molecule has 118 valence electrons. The zero-order valence-electron chi connectivity index (χ0n) is 12.2. The summed E-state index contributed by atoms with van der Waals surface area (Å²) in [4.78, 5) is 17.3. The van der Waals surface area contributed by atoms with Crippen LogP contribution in [0.15, 0.2) is 0 Å². The number of piperazine rings is 1. The summed E-state index contributed by atoms with van der Waals surface area (Å²) in [5, 5.41) is 3.39. The molecule has 3 rings (SSSR count). The van der Waals surface area contributed by atoms with Gasteiger partial charge in [0.1, 0.15) is 0 Å². The second-order valence-corrected chi connectivity index (χ2v) is 6.13. The number of fused-ring (bicyclic) bond motifs is 1. The van der Waals surface area contributed by atoms with Crippen molar-refractivity contribution in [2.75, 3.05) is 26.2 Å². The summed E-state index contributed by atoms with van der Waals surface area (Å²) in [7, 11) is 0. The molecule has 0 saturated carbocycles. The number of carbonyl (C=O) groups is 1. The van der Waals surface area contributed by atoms with Crippen molar-refractivity contribution in [1.29, 1.82) is 0 Å². The third kappa shape index (κ3) is 3.59. The number of rotatable bonds is 1. The van der Waals surface area contributed by atoms with Gasteiger partial charge in [0.2, 0.25) is 5.91 Å². The summed E-state index contributed by atoms with van der Waals surface area (Å²) in [5.74, 6) is 0.355. The van der Waals surface area contributed by atoms with Crippen LogP contribution in [0.5, 0.6) is 0 Å². The summed E-state index contributed by atoms with van der Waals surface area (Å²) < 4.78 is 0. The van der Waals surface area contributed by atoms with E-state index >= 15 is 0 Å². The Balaban J connectivity index is 0.000001000. The zero-order valence-corrected chi connectivity index (χ0v) is 13.8. The van der Waals surface area contributed by atoms with Crippen LogP contribution < -0.4 is 5.32 Å². The highest BCUT2D eigenvalue weighted by molar-refractivity contribution is 5.85. The summed E-state index contributed by atoms with van der Waals surface area (Å²) in [6, 6.07) is 1.11. The van der Waals surface area contributed by atoms with Crippen LogP contribution in [0.3, 0.4) is 0 Å². The first-order valence-electron chi connectivity index (χ1n) is 7.53. The van der Waals surface area contributed by atoms with E-state index in [4.69, 9.17) is 0 Å². The quantitative estimate of drug-likeness (QED) is 0.797. The first kappa shape index (κ1) is 18.0. The predicted octanol–water partition coefficient (Wildman–Crippen LogP) is 1.67. The maximum absolute atomic E-state index is 12.6. The highest BCUT2D eigenvalue weighted by atomic mass is 35.5. The molecule has 0 aromatic rings. The van der Waals surface area contributed by atoms with Crippen LogP contribution in [0.4, 0.5) is 0 Å². The van der Waals surface area contributed by atoms with E-state index in [-0.39, 0.29) is 30.9 Å². The molecule has 0 radical (unpaired) electrons. The molecule has 3 aliphatic rings. The Bertz CT molecular complexity index is 324. The Kier molecular flexibility index (Phi) is 7.06. The van der Waals surface area contributed by atoms with Gasteiger partial charge in [0.15, 0.2) is 0 Å². The van der Waals surface area contributed by atoms with E-state index in [9.17, 15) is 4.79 Å². The molecular formula is C14H27Cl2N3O. The average molecular weight is 324 g/mol. The second-order valence-electron chi connectivity index (χ2n) is 6.13. The molecule has 0 spiro atoms. The smallest absolute Gasteiger partial charge is 0.240 e. The van der Waals surface area contributed by atoms with Crippen molar-refractivity contribution in [3.8, 4) is 0 Å². The van der Waals surface area contributed by atoms with E-state index < -0.39 is 0 Å². The van der Waals surface area contributed by atoms with Gasteiger partial charge in [-0.3, -0.25) is 9.69 Å². The van der Waals surface area contributed by atoms with Gasteiger partial charge in [-0.1, -0.05) is 6.42 Å². The van der Waals surface area contributed by atoms with E-state index in [0.717, 1.165) is 26.1 Å². The minimum Gasteiger partial charge on any atom is -0.336 e. The van der Waals surface area contributed by atoms with Crippen molar-refractivity contribution in [2.24, 2.45) is 0 Å². The fourth-order valence-electron chi connectivity index (χ4n) is 3.76. The number of amides is 1. The molecule has 0 aromatic carbocycles. The number of nitrogens with zero attached hydrogens (tertiary/aromatic N) is 2. The van der Waals surface area contributed by atoms with E-state index in [2.05, 4.69) is 22.0 Å². The molecule has 3 atom stereocenters. The van der Waals surface area contributed by atoms with Crippen LogP contribution in [-0.2, 0) is 4.79 Å². The third-order valence-corrected chi connectivity index (χ3v) is 4.83. The SMILES string of the molecule is CC1CN2CCCC2CN1C(=O)[C@@H]1CCCCN1.Cl.Cl. The van der Waals surface area contributed by atoms with Crippen molar-refractivity contribution in [3.05, 3.63) is 0 Å². The Morgan fingerprint density at radius 2 is 1.90 bits per heavy atom. The van der Waals surface area contributed by atoms with Gasteiger partial charge < -0.3 is 10.2 Å². The van der Waals surface area contributed by atoms with Gasteiger partial charge in [-0.2, -0.15) is 0 Å². The van der Waals surface area contributed by atoms with Crippen molar-refractivity contribution in [2.45, 2.75) is 57.2 Å². The van der Waals surface area contributed by atoms with Crippen molar-refractivity contribution < 1.29 is 4.79 Å². The van der Waals surface area contributed by atoms with Gasteiger partial charge in [-0.15, -0.1) is 24.8 Å². The fourth-order valence-corrected chi connectivity index (χ4v) is 3.76. The number of carbonyl (C=O) groups excluding carboxylic acids is 1. The van der Waals surface area contributed by atoms with Crippen LogP contribution in [-0.4, -0.2) is 60.0 Å². The minimum atomic E-state index is 0. The summed E-state index contributed by atoms with van der Waals surface area (Å²) in [6.07, 6.45) is 6.02. The molecular weight excluding hydrogens is 297 g/mol. The highest BCUT2D eigenvalue weighted by Gasteiger charge is 2.38. The molecule has 1 N–H and O–H groups in total. The molecule has 0 aromatic heterocycles. The van der Waals surface area contributed by atoms with E-state index in [1.807, 2.05) is 0 Å². The van der Waals surface area contributed by atoms with E-state index in [1.165, 1.54) is 32.2 Å². The number of hydrogen-bond donors (Lipinski definition) is 1. The summed E-state index contributed by atoms with van der Waals surface area (Å²) in [5.41, 5.74) is 0. The van der Waals surface area contributed by atoms with E-state index in [1.54, 1.807) is 0 Å². The number of nitrogens with one attached hydrogen (secondary N) is 1. The number of piperidine rings is 1. The monoisotopic (exact) mass is 323 g/mol.